The third-order valence-corrected chi connectivity index (χ3v) is 2.39. The van der Waals surface area contributed by atoms with Gasteiger partial charge < -0.3 is 19.9 Å². The van der Waals surface area contributed by atoms with E-state index in [9.17, 15) is 9.59 Å². The highest BCUT2D eigenvalue weighted by molar-refractivity contribution is 5.83. The lowest BCUT2D eigenvalue weighted by Crippen LogP contribution is -2.38. The van der Waals surface area contributed by atoms with Crippen LogP contribution in [0.5, 0.6) is 11.5 Å². The first kappa shape index (κ1) is 14.8. The summed E-state index contributed by atoms with van der Waals surface area (Å²) in [6.45, 7) is 1.58. The van der Waals surface area contributed by atoms with Crippen molar-refractivity contribution in [1.82, 2.24) is 5.32 Å². The highest BCUT2D eigenvalue weighted by Gasteiger charge is 2.13. The molecule has 1 aromatic rings. The molecule has 1 unspecified atom stereocenters. The second kappa shape index (κ2) is 7.25. The monoisotopic (exact) mass is 267 g/mol. The van der Waals surface area contributed by atoms with Gasteiger partial charge in [0.05, 0.1) is 20.1 Å². The Bertz CT molecular complexity index is 446. The lowest BCUT2D eigenvalue weighted by Gasteiger charge is -2.10. The van der Waals surface area contributed by atoms with Gasteiger partial charge in [-0.2, -0.15) is 0 Å². The number of nitrogens with one attached hydrogen (secondary N) is 1. The number of amides is 1. The van der Waals surface area contributed by atoms with E-state index in [0.717, 1.165) is 0 Å². The summed E-state index contributed by atoms with van der Waals surface area (Å²) in [5.41, 5.74) is 0. The zero-order valence-corrected chi connectivity index (χ0v) is 10.9. The molecule has 0 saturated carbocycles. The molecule has 19 heavy (non-hydrogen) atoms. The molecule has 0 aliphatic carbocycles. The van der Waals surface area contributed by atoms with E-state index in [1.807, 2.05) is 0 Å². The number of hydrogen-bond acceptors (Lipinski definition) is 4. The first-order chi connectivity index (χ1) is 9.02. The van der Waals surface area contributed by atoms with Gasteiger partial charge >= 0.3 is 5.97 Å². The Hall–Kier alpha value is -2.24. The van der Waals surface area contributed by atoms with Crippen LogP contribution >= 0.6 is 0 Å². The van der Waals surface area contributed by atoms with Crippen molar-refractivity contribution >= 4 is 11.9 Å². The molecule has 0 saturated heterocycles. The summed E-state index contributed by atoms with van der Waals surface area (Å²) in [4.78, 5) is 21.9. The van der Waals surface area contributed by atoms with Gasteiger partial charge in [0.1, 0.15) is 17.5 Å². The standard InChI is InChI=1S/C13H17NO5/c1-9(13(16)17)14-12(15)6-7-19-11-5-3-4-10(8-11)18-2/h3-5,8-9H,6-7H2,1-2H3,(H,14,15)(H,16,17). The Morgan fingerprint density at radius 1 is 1.37 bits per heavy atom. The van der Waals surface area contributed by atoms with Crippen LogP contribution in [0.3, 0.4) is 0 Å². The van der Waals surface area contributed by atoms with Gasteiger partial charge in [-0.05, 0) is 19.1 Å². The molecule has 1 rings (SSSR count). The minimum atomic E-state index is -1.07. The number of hydrogen-bond donors (Lipinski definition) is 2. The molecule has 1 atom stereocenters. The van der Waals surface area contributed by atoms with Crippen molar-refractivity contribution in [3.63, 3.8) is 0 Å². The van der Waals surface area contributed by atoms with E-state index in [-0.39, 0.29) is 18.9 Å². The van der Waals surface area contributed by atoms with Crippen LogP contribution in [0.1, 0.15) is 13.3 Å². The first-order valence-corrected chi connectivity index (χ1v) is 5.82. The van der Waals surface area contributed by atoms with Crippen LogP contribution in [0.2, 0.25) is 0 Å². The van der Waals surface area contributed by atoms with E-state index < -0.39 is 12.0 Å². The number of rotatable bonds is 7. The highest BCUT2D eigenvalue weighted by atomic mass is 16.5. The van der Waals surface area contributed by atoms with E-state index in [1.165, 1.54) is 6.92 Å². The number of methoxy groups -OCH3 is 1. The molecule has 0 radical (unpaired) electrons. The van der Waals surface area contributed by atoms with Gasteiger partial charge in [0.15, 0.2) is 0 Å². The molecule has 0 bridgehead atoms. The summed E-state index contributed by atoms with van der Waals surface area (Å²) in [6, 6.07) is 6.12. The van der Waals surface area contributed by atoms with Gasteiger partial charge in [0, 0.05) is 6.07 Å². The second-order valence-corrected chi connectivity index (χ2v) is 3.90. The summed E-state index contributed by atoms with van der Waals surface area (Å²) in [5.74, 6) is -0.167. The second-order valence-electron chi connectivity index (χ2n) is 3.90. The average Bonchev–Trinajstić information content (AvgIpc) is 2.38. The van der Waals surface area contributed by atoms with Crippen LogP contribution in [-0.4, -0.2) is 36.7 Å². The third kappa shape index (κ3) is 5.29. The number of carbonyl (C=O) groups excluding carboxylic acids is 1. The van der Waals surface area contributed by atoms with Crippen molar-refractivity contribution in [2.45, 2.75) is 19.4 Å². The fourth-order valence-corrected chi connectivity index (χ4v) is 1.33. The van der Waals surface area contributed by atoms with Gasteiger partial charge in [0.25, 0.3) is 0 Å². The Balaban J connectivity index is 2.33. The van der Waals surface area contributed by atoms with Crippen molar-refractivity contribution in [3.8, 4) is 11.5 Å². The van der Waals surface area contributed by atoms with E-state index in [0.29, 0.717) is 11.5 Å². The predicted octanol–water partition coefficient (Wildman–Crippen LogP) is 1.05. The van der Waals surface area contributed by atoms with Gasteiger partial charge in [-0.1, -0.05) is 6.07 Å². The Morgan fingerprint density at radius 3 is 2.68 bits per heavy atom. The largest absolute Gasteiger partial charge is 0.497 e. The zero-order chi connectivity index (χ0) is 14.3. The molecule has 0 fully saturated rings. The molecule has 6 nitrogen and oxygen atoms in total. The fraction of sp³-hybridized carbons (Fsp3) is 0.385. The molecule has 104 valence electrons. The molecule has 0 aliphatic heterocycles. The number of carboxylic acid groups (broad SMARTS) is 1. The van der Waals surface area contributed by atoms with Gasteiger partial charge in [-0.3, -0.25) is 9.59 Å². The van der Waals surface area contributed by atoms with Crippen molar-refractivity contribution in [2.75, 3.05) is 13.7 Å². The van der Waals surface area contributed by atoms with Crippen molar-refractivity contribution < 1.29 is 24.2 Å². The zero-order valence-electron chi connectivity index (χ0n) is 10.9. The molecule has 6 heteroatoms. The third-order valence-electron chi connectivity index (χ3n) is 2.39. The van der Waals surface area contributed by atoms with Gasteiger partial charge in [0.2, 0.25) is 5.91 Å². The molecule has 0 aromatic heterocycles. The van der Waals surface area contributed by atoms with E-state index >= 15 is 0 Å². The maximum Gasteiger partial charge on any atom is 0.325 e. The van der Waals surface area contributed by atoms with E-state index in [4.69, 9.17) is 14.6 Å². The maximum absolute atomic E-state index is 11.4. The lowest BCUT2D eigenvalue weighted by atomic mass is 10.3. The van der Waals surface area contributed by atoms with Crippen LogP contribution in [0, 0.1) is 0 Å². The van der Waals surface area contributed by atoms with Gasteiger partial charge in [-0.15, -0.1) is 0 Å². The minimum absolute atomic E-state index is 0.0921. The number of carbonyl (C=O) groups is 2. The molecule has 1 aromatic carbocycles. The minimum Gasteiger partial charge on any atom is -0.497 e. The van der Waals surface area contributed by atoms with E-state index in [2.05, 4.69) is 5.32 Å². The molecular weight excluding hydrogens is 250 g/mol. The Kier molecular flexibility index (Phi) is 5.66. The molecule has 0 heterocycles. The Labute approximate surface area is 111 Å². The van der Waals surface area contributed by atoms with Gasteiger partial charge in [-0.25, -0.2) is 0 Å². The quantitative estimate of drug-likeness (QED) is 0.771. The summed E-state index contributed by atoms with van der Waals surface area (Å²) in [7, 11) is 1.56. The normalized spacial score (nSPS) is 11.5. The smallest absolute Gasteiger partial charge is 0.325 e. The molecule has 1 amide bonds. The maximum atomic E-state index is 11.4. The number of aliphatic carboxylic acids is 1. The molecule has 0 aliphatic rings. The van der Waals surface area contributed by atoms with E-state index in [1.54, 1.807) is 31.4 Å². The summed E-state index contributed by atoms with van der Waals surface area (Å²) >= 11 is 0. The topological polar surface area (TPSA) is 84.9 Å². The SMILES string of the molecule is COc1cccc(OCCC(=O)NC(C)C(=O)O)c1. The molecule has 0 spiro atoms. The highest BCUT2D eigenvalue weighted by Crippen LogP contribution is 2.18. The number of ether oxygens (including phenoxy) is 2. The first-order valence-electron chi connectivity index (χ1n) is 5.82. The van der Waals surface area contributed by atoms with Crippen LogP contribution in [-0.2, 0) is 9.59 Å². The van der Waals surface area contributed by atoms with Crippen molar-refractivity contribution in [1.29, 1.82) is 0 Å². The van der Waals surface area contributed by atoms with Crippen LogP contribution in [0.25, 0.3) is 0 Å². The van der Waals surface area contributed by atoms with Crippen LogP contribution in [0.4, 0.5) is 0 Å². The Morgan fingerprint density at radius 2 is 2.05 bits per heavy atom. The number of benzene rings is 1. The van der Waals surface area contributed by atoms with Crippen LogP contribution < -0.4 is 14.8 Å². The average molecular weight is 267 g/mol. The summed E-state index contributed by atoms with van der Waals surface area (Å²) in [6.07, 6.45) is 0.0921. The lowest BCUT2D eigenvalue weighted by molar-refractivity contribution is -0.141. The molecular formula is C13H17NO5. The number of carboxylic acids is 1. The molecule has 2 N–H and O–H groups in total. The summed E-state index contributed by atoms with van der Waals surface area (Å²) in [5, 5.41) is 11.0. The summed E-state index contributed by atoms with van der Waals surface area (Å²) < 4.78 is 10.4. The predicted molar refractivity (Wildman–Crippen MR) is 68.3 cm³/mol. The fourth-order valence-electron chi connectivity index (χ4n) is 1.33. The van der Waals surface area contributed by atoms with Crippen molar-refractivity contribution in [2.24, 2.45) is 0 Å². The van der Waals surface area contributed by atoms with Crippen LogP contribution in [0.15, 0.2) is 24.3 Å². The van der Waals surface area contributed by atoms with Crippen molar-refractivity contribution in [3.05, 3.63) is 24.3 Å².